The van der Waals surface area contributed by atoms with Crippen LogP contribution < -0.4 is 0 Å². The highest BCUT2D eigenvalue weighted by Gasteiger charge is 2.14. The number of ether oxygens (including phenoxy) is 1. The number of carbonyl (C=O) groups is 1. The van der Waals surface area contributed by atoms with Crippen molar-refractivity contribution in [1.29, 1.82) is 0 Å². The summed E-state index contributed by atoms with van der Waals surface area (Å²) in [6, 6.07) is 2.47. The van der Waals surface area contributed by atoms with E-state index < -0.39 is 11.8 Å². The number of esters is 1. The van der Waals surface area contributed by atoms with Gasteiger partial charge in [0.2, 0.25) is 0 Å². The molecular weight excluding hydrogens is 274 g/mol. The molecule has 0 bridgehead atoms. The van der Waals surface area contributed by atoms with Gasteiger partial charge in [0.25, 0.3) is 0 Å². The van der Waals surface area contributed by atoms with Crippen LogP contribution in [0.4, 0.5) is 4.39 Å². The lowest BCUT2D eigenvalue weighted by molar-refractivity contribution is 0.0595. The lowest BCUT2D eigenvalue weighted by Crippen LogP contribution is -2.05. The molecule has 0 aliphatic heterocycles. The van der Waals surface area contributed by atoms with Gasteiger partial charge in [-0.15, -0.1) is 0 Å². The first kappa shape index (κ1) is 11.5. The molecule has 76 valence electrons. The van der Waals surface area contributed by atoms with Crippen molar-refractivity contribution in [2.75, 3.05) is 7.11 Å². The first-order chi connectivity index (χ1) is 6.60. The zero-order valence-electron chi connectivity index (χ0n) is 7.31. The van der Waals surface area contributed by atoms with Gasteiger partial charge in [0.05, 0.1) is 12.7 Å². The average molecular weight is 282 g/mol. The van der Waals surface area contributed by atoms with Crippen molar-refractivity contribution in [2.24, 2.45) is 0 Å². The van der Waals surface area contributed by atoms with Crippen LogP contribution in [-0.2, 0) is 10.1 Å². The smallest absolute Gasteiger partial charge is 0.340 e. The molecule has 0 saturated carbocycles. The minimum atomic E-state index is -0.731. The maximum Gasteiger partial charge on any atom is 0.340 e. The van der Waals surface area contributed by atoms with Crippen LogP contribution in [0, 0.1) is 5.82 Å². The lowest BCUT2D eigenvalue weighted by atomic mass is 10.1. The Morgan fingerprint density at radius 1 is 1.64 bits per heavy atom. The quantitative estimate of drug-likeness (QED) is 0.615. The van der Waals surface area contributed by atoms with Crippen LogP contribution in [0.2, 0.25) is 5.02 Å². The fraction of sp³-hybridized carbons (Fsp3) is 0.222. The van der Waals surface area contributed by atoms with E-state index in [1.54, 1.807) is 0 Å². The van der Waals surface area contributed by atoms with Crippen molar-refractivity contribution < 1.29 is 13.9 Å². The molecule has 0 aliphatic carbocycles. The van der Waals surface area contributed by atoms with Crippen molar-refractivity contribution in [1.82, 2.24) is 0 Å². The predicted octanol–water partition coefficient (Wildman–Crippen LogP) is 3.16. The van der Waals surface area contributed by atoms with Gasteiger partial charge >= 0.3 is 5.97 Å². The Bertz CT molecular complexity index is 368. The number of carbonyl (C=O) groups excluding carboxylic acids is 1. The minimum absolute atomic E-state index is 0.151. The molecule has 0 unspecified atom stereocenters. The Hall–Kier alpha value is -0.610. The van der Waals surface area contributed by atoms with E-state index in [4.69, 9.17) is 11.6 Å². The molecule has 5 heteroatoms. The fourth-order valence-electron chi connectivity index (χ4n) is 0.957. The highest BCUT2D eigenvalue weighted by atomic mass is 79.9. The third-order valence-electron chi connectivity index (χ3n) is 1.69. The highest BCUT2D eigenvalue weighted by molar-refractivity contribution is 9.08. The Labute approximate surface area is 94.1 Å². The summed E-state index contributed by atoms with van der Waals surface area (Å²) >= 11 is 8.95. The summed E-state index contributed by atoms with van der Waals surface area (Å²) in [6.07, 6.45) is 0. The van der Waals surface area contributed by atoms with Gasteiger partial charge in [-0.05, 0) is 17.7 Å². The van der Waals surface area contributed by atoms with Gasteiger partial charge in [0, 0.05) is 10.4 Å². The van der Waals surface area contributed by atoms with Gasteiger partial charge in [-0.1, -0.05) is 27.5 Å². The van der Waals surface area contributed by atoms with E-state index in [2.05, 4.69) is 20.7 Å². The van der Waals surface area contributed by atoms with Crippen LogP contribution >= 0.6 is 27.5 Å². The molecule has 1 aromatic carbocycles. The molecule has 0 fully saturated rings. The van der Waals surface area contributed by atoms with Gasteiger partial charge in [-0.2, -0.15) is 0 Å². The van der Waals surface area contributed by atoms with E-state index in [0.29, 0.717) is 15.9 Å². The number of methoxy groups -OCH3 is 1. The Morgan fingerprint density at radius 2 is 2.29 bits per heavy atom. The van der Waals surface area contributed by atoms with Gasteiger partial charge in [-0.25, -0.2) is 9.18 Å². The van der Waals surface area contributed by atoms with Crippen LogP contribution in [0.3, 0.4) is 0 Å². The SMILES string of the molecule is COC(=O)c1cc(Cl)c(CBr)cc1F. The molecular formula is C9H7BrClFO2. The average Bonchev–Trinajstić information content (AvgIpc) is 2.19. The summed E-state index contributed by atoms with van der Waals surface area (Å²) in [7, 11) is 1.19. The Morgan fingerprint density at radius 3 is 2.79 bits per heavy atom. The van der Waals surface area contributed by atoms with Crippen LogP contribution in [-0.4, -0.2) is 13.1 Å². The summed E-state index contributed by atoms with van der Waals surface area (Å²) in [5, 5.41) is 0.771. The van der Waals surface area contributed by atoms with Gasteiger partial charge in [0.1, 0.15) is 5.82 Å². The third-order valence-corrected chi connectivity index (χ3v) is 2.64. The van der Waals surface area contributed by atoms with E-state index in [1.807, 2.05) is 0 Å². The molecule has 0 aliphatic rings. The van der Waals surface area contributed by atoms with Crippen molar-refractivity contribution in [3.8, 4) is 0 Å². The van der Waals surface area contributed by atoms with Crippen molar-refractivity contribution >= 4 is 33.5 Å². The molecule has 0 amide bonds. The third kappa shape index (κ3) is 2.25. The maximum absolute atomic E-state index is 13.3. The zero-order chi connectivity index (χ0) is 10.7. The molecule has 0 atom stereocenters. The number of hydrogen-bond donors (Lipinski definition) is 0. The molecule has 0 N–H and O–H groups in total. The number of halogens is 3. The Balaban J connectivity index is 3.21. The standard InChI is InChI=1S/C9H7BrClFO2/c1-14-9(13)6-3-7(11)5(4-10)2-8(6)12/h2-3H,4H2,1H3. The zero-order valence-corrected chi connectivity index (χ0v) is 9.65. The molecule has 1 aromatic rings. The minimum Gasteiger partial charge on any atom is -0.465 e. The predicted molar refractivity (Wildman–Crippen MR) is 55.4 cm³/mol. The molecule has 0 heterocycles. The first-order valence-corrected chi connectivity index (χ1v) is 5.22. The van der Waals surface area contributed by atoms with E-state index in [1.165, 1.54) is 19.2 Å². The summed E-state index contributed by atoms with van der Waals surface area (Å²) in [5.41, 5.74) is 0.444. The molecule has 1 rings (SSSR count). The van der Waals surface area contributed by atoms with E-state index in [0.717, 1.165) is 0 Å². The maximum atomic E-state index is 13.3. The second-order valence-corrected chi connectivity index (χ2v) is 3.52. The van der Waals surface area contributed by atoms with Crippen molar-refractivity contribution in [2.45, 2.75) is 5.33 Å². The van der Waals surface area contributed by atoms with Crippen LogP contribution in [0.1, 0.15) is 15.9 Å². The van der Waals surface area contributed by atoms with E-state index >= 15 is 0 Å². The first-order valence-electron chi connectivity index (χ1n) is 3.72. The van der Waals surface area contributed by atoms with Crippen LogP contribution in [0.15, 0.2) is 12.1 Å². The fourth-order valence-corrected chi connectivity index (χ4v) is 1.81. The molecule has 0 radical (unpaired) electrons. The number of alkyl halides is 1. The molecule has 0 saturated heterocycles. The molecule has 2 nitrogen and oxygen atoms in total. The van der Waals surface area contributed by atoms with Gasteiger partial charge < -0.3 is 4.74 Å². The molecule has 0 spiro atoms. The number of rotatable bonds is 2. The second-order valence-electron chi connectivity index (χ2n) is 2.55. The van der Waals surface area contributed by atoms with Gasteiger partial charge in [-0.3, -0.25) is 0 Å². The van der Waals surface area contributed by atoms with Crippen LogP contribution in [0.5, 0.6) is 0 Å². The van der Waals surface area contributed by atoms with Gasteiger partial charge in [0.15, 0.2) is 0 Å². The summed E-state index contributed by atoms with van der Waals surface area (Å²) in [4.78, 5) is 11.1. The van der Waals surface area contributed by atoms with E-state index in [9.17, 15) is 9.18 Å². The lowest BCUT2D eigenvalue weighted by Gasteiger charge is -2.05. The normalized spacial score (nSPS) is 10.0. The summed E-state index contributed by atoms with van der Waals surface area (Å²) < 4.78 is 17.7. The van der Waals surface area contributed by atoms with E-state index in [-0.39, 0.29) is 5.56 Å². The highest BCUT2D eigenvalue weighted by Crippen LogP contribution is 2.23. The van der Waals surface area contributed by atoms with Crippen molar-refractivity contribution in [3.63, 3.8) is 0 Å². The summed E-state index contributed by atoms with van der Waals surface area (Å²) in [6.45, 7) is 0. The van der Waals surface area contributed by atoms with Crippen LogP contribution in [0.25, 0.3) is 0 Å². The summed E-state index contributed by atoms with van der Waals surface area (Å²) in [5.74, 6) is -1.36. The molecule has 14 heavy (non-hydrogen) atoms. The Kier molecular flexibility index (Phi) is 3.89. The second kappa shape index (κ2) is 4.75. The van der Waals surface area contributed by atoms with Crippen molar-refractivity contribution in [3.05, 3.63) is 34.1 Å². The monoisotopic (exact) mass is 280 g/mol. The number of hydrogen-bond acceptors (Lipinski definition) is 2. The topological polar surface area (TPSA) is 26.3 Å². The molecule has 0 aromatic heterocycles. The largest absolute Gasteiger partial charge is 0.465 e. The number of benzene rings is 1.